The number of rotatable bonds is 2. The minimum absolute atomic E-state index is 0.0542. The van der Waals surface area contributed by atoms with E-state index in [0.717, 1.165) is 42.9 Å². The molecule has 1 fully saturated rings. The van der Waals surface area contributed by atoms with Crippen LogP contribution < -0.4 is 20.1 Å². The highest BCUT2D eigenvalue weighted by molar-refractivity contribution is 5.94. The van der Waals surface area contributed by atoms with Gasteiger partial charge in [0.2, 0.25) is 12.7 Å². The molecule has 3 rings (SSSR count). The fourth-order valence-corrected chi connectivity index (χ4v) is 2.49. The van der Waals surface area contributed by atoms with E-state index in [1.54, 1.807) is 0 Å². The van der Waals surface area contributed by atoms with Crippen molar-refractivity contribution < 1.29 is 14.3 Å². The van der Waals surface area contributed by atoms with E-state index < -0.39 is 0 Å². The van der Waals surface area contributed by atoms with Gasteiger partial charge in [0.05, 0.1) is 5.92 Å². The second kappa shape index (κ2) is 5.09. The quantitative estimate of drug-likeness (QED) is 0.851. The zero-order chi connectivity index (χ0) is 13.2. The van der Waals surface area contributed by atoms with E-state index in [1.165, 1.54) is 0 Å². The van der Waals surface area contributed by atoms with E-state index in [9.17, 15) is 4.79 Å². The van der Waals surface area contributed by atoms with Gasteiger partial charge >= 0.3 is 0 Å². The summed E-state index contributed by atoms with van der Waals surface area (Å²) in [6.45, 7) is 3.97. The number of carbonyl (C=O) groups excluding carboxylic acids is 1. The topological polar surface area (TPSA) is 59.6 Å². The number of piperidine rings is 1. The van der Waals surface area contributed by atoms with Crippen LogP contribution in [0.25, 0.3) is 0 Å². The lowest BCUT2D eigenvalue weighted by Crippen LogP contribution is -2.37. The van der Waals surface area contributed by atoms with Crippen LogP contribution in [0.5, 0.6) is 11.5 Å². The second-order valence-electron chi connectivity index (χ2n) is 5.05. The number of nitrogens with one attached hydrogen (secondary N) is 2. The summed E-state index contributed by atoms with van der Waals surface area (Å²) >= 11 is 0. The molecule has 1 amide bonds. The molecule has 102 valence electrons. The Bertz CT molecular complexity index is 496. The van der Waals surface area contributed by atoms with Gasteiger partial charge in [0.25, 0.3) is 0 Å². The number of hydrogen-bond acceptors (Lipinski definition) is 4. The van der Waals surface area contributed by atoms with E-state index in [0.29, 0.717) is 5.75 Å². The molecule has 0 aliphatic carbocycles. The first-order valence-corrected chi connectivity index (χ1v) is 6.66. The molecule has 19 heavy (non-hydrogen) atoms. The molecule has 0 radical (unpaired) electrons. The van der Waals surface area contributed by atoms with Gasteiger partial charge in [-0.15, -0.1) is 0 Å². The summed E-state index contributed by atoms with van der Waals surface area (Å²) in [4.78, 5) is 12.2. The number of anilines is 1. The molecule has 1 atom stereocenters. The number of amides is 1. The monoisotopic (exact) mass is 262 g/mol. The third-order valence-electron chi connectivity index (χ3n) is 3.65. The average Bonchev–Trinajstić information content (AvgIpc) is 2.87. The summed E-state index contributed by atoms with van der Waals surface area (Å²) in [5.41, 5.74) is 1.79. The van der Waals surface area contributed by atoms with Gasteiger partial charge < -0.3 is 20.1 Å². The van der Waals surface area contributed by atoms with E-state index in [2.05, 4.69) is 10.6 Å². The molecule has 5 heteroatoms. The van der Waals surface area contributed by atoms with Gasteiger partial charge in [0, 0.05) is 18.3 Å². The fourth-order valence-electron chi connectivity index (χ4n) is 2.49. The number of hydrogen-bond donors (Lipinski definition) is 2. The Balaban J connectivity index is 1.74. The number of fused-ring (bicyclic) bond motifs is 1. The summed E-state index contributed by atoms with van der Waals surface area (Å²) in [5, 5.41) is 6.25. The Morgan fingerprint density at radius 2 is 2.16 bits per heavy atom. The van der Waals surface area contributed by atoms with Crippen LogP contribution in [0.15, 0.2) is 12.1 Å². The highest BCUT2D eigenvalue weighted by Gasteiger charge is 2.22. The van der Waals surface area contributed by atoms with Crippen LogP contribution in [-0.2, 0) is 4.79 Å². The maximum absolute atomic E-state index is 12.2. The van der Waals surface area contributed by atoms with Gasteiger partial charge in [-0.05, 0) is 37.9 Å². The molecular formula is C14H18N2O3. The van der Waals surface area contributed by atoms with Gasteiger partial charge in [-0.1, -0.05) is 0 Å². The van der Waals surface area contributed by atoms with Gasteiger partial charge in [-0.25, -0.2) is 0 Å². The normalized spacial score (nSPS) is 21.2. The fraction of sp³-hybridized carbons (Fsp3) is 0.500. The van der Waals surface area contributed by atoms with Crippen LogP contribution in [0.3, 0.4) is 0 Å². The minimum atomic E-state index is 0.0542. The minimum Gasteiger partial charge on any atom is -0.454 e. The molecule has 0 bridgehead atoms. The Hall–Kier alpha value is -1.75. The van der Waals surface area contributed by atoms with E-state index in [-0.39, 0.29) is 18.6 Å². The molecule has 0 spiro atoms. The molecule has 0 saturated carbocycles. The van der Waals surface area contributed by atoms with Crippen molar-refractivity contribution in [3.8, 4) is 11.5 Å². The molecule has 1 saturated heterocycles. The first kappa shape index (κ1) is 12.3. The van der Waals surface area contributed by atoms with Gasteiger partial charge in [0.1, 0.15) is 0 Å². The maximum Gasteiger partial charge on any atom is 0.231 e. The number of ether oxygens (including phenoxy) is 2. The first-order chi connectivity index (χ1) is 9.24. The standard InChI is InChI=1S/C14H18N2O3/c1-9-5-12-13(19-8-18-12)6-11(9)16-14(17)10-3-2-4-15-7-10/h5-6,10,15H,2-4,7-8H2,1H3,(H,16,17). The Morgan fingerprint density at radius 3 is 2.89 bits per heavy atom. The smallest absolute Gasteiger partial charge is 0.231 e. The van der Waals surface area contributed by atoms with Crippen LogP contribution in [0, 0.1) is 12.8 Å². The average molecular weight is 262 g/mol. The van der Waals surface area contributed by atoms with E-state index in [1.807, 2.05) is 19.1 Å². The molecule has 5 nitrogen and oxygen atoms in total. The lowest BCUT2D eigenvalue weighted by atomic mass is 9.98. The van der Waals surface area contributed by atoms with Gasteiger partial charge in [-0.2, -0.15) is 0 Å². The molecule has 2 N–H and O–H groups in total. The number of aryl methyl sites for hydroxylation is 1. The van der Waals surface area contributed by atoms with Crippen LogP contribution in [0.1, 0.15) is 18.4 Å². The SMILES string of the molecule is Cc1cc2c(cc1NC(=O)C1CCCNC1)OCO2. The van der Waals surface area contributed by atoms with Crippen molar-refractivity contribution in [2.24, 2.45) is 5.92 Å². The summed E-state index contributed by atoms with van der Waals surface area (Å²) < 4.78 is 10.6. The molecule has 2 aliphatic rings. The lowest BCUT2D eigenvalue weighted by molar-refractivity contribution is -0.120. The maximum atomic E-state index is 12.2. The van der Waals surface area contributed by atoms with Crippen LogP contribution in [-0.4, -0.2) is 25.8 Å². The highest BCUT2D eigenvalue weighted by atomic mass is 16.7. The Kier molecular flexibility index (Phi) is 3.29. The summed E-state index contributed by atoms with van der Waals surface area (Å²) in [7, 11) is 0. The Labute approximate surface area is 112 Å². The highest BCUT2D eigenvalue weighted by Crippen LogP contribution is 2.36. The van der Waals surface area contributed by atoms with Crippen molar-refractivity contribution in [3.63, 3.8) is 0 Å². The zero-order valence-electron chi connectivity index (χ0n) is 11.0. The van der Waals surface area contributed by atoms with Crippen molar-refractivity contribution in [2.75, 3.05) is 25.2 Å². The molecule has 2 aliphatic heterocycles. The predicted molar refractivity (Wildman–Crippen MR) is 71.5 cm³/mol. The van der Waals surface area contributed by atoms with Crippen molar-refractivity contribution >= 4 is 11.6 Å². The Morgan fingerprint density at radius 1 is 1.37 bits per heavy atom. The van der Waals surface area contributed by atoms with Gasteiger partial charge in [-0.3, -0.25) is 4.79 Å². The molecule has 1 aromatic rings. The molecular weight excluding hydrogens is 244 g/mol. The zero-order valence-corrected chi connectivity index (χ0v) is 11.0. The van der Waals surface area contributed by atoms with Crippen molar-refractivity contribution in [3.05, 3.63) is 17.7 Å². The molecule has 2 heterocycles. The van der Waals surface area contributed by atoms with Crippen molar-refractivity contribution in [2.45, 2.75) is 19.8 Å². The summed E-state index contributed by atoms with van der Waals surface area (Å²) in [6.07, 6.45) is 2.00. The van der Waals surface area contributed by atoms with Gasteiger partial charge in [0.15, 0.2) is 11.5 Å². The van der Waals surface area contributed by atoms with Crippen LogP contribution in [0.4, 0.5) is 5.69 Å². The predicted octanol–water partition coefficient (Wildman–Crippen LogP) is 1.66. The van der Waals surface area contributed by atoms with Crippen LogP contribution >= 0.6 is 0 Å². The second-order valence-corrected chi connectivity index (χ2v) is 5.05. The van der Waals surface area contributed by atoms with E-state index >= 15 is 0 Å². The molecule has 1 unspecified atom stereocenters. The summed E-state index contributed by atoms with van der Waals surface area (Å²) in [5.74, 6) is 1.57. The third kappa shape index (κ3) is 2.51. The molecule has 1 aromatic carbocycles. The largest absolute Gasteiger partial charge is 0.454 e. The number of carbonyl (C=O) groups is 1. The summed E-state index contributed by atoms with van der Waals surface area (Å²) in [6, 6.07) is 3.74. The number of benzene rings is 1. The first-order valence-electron chi connectivity index (χ1n) is 6.66. The van der Waals surface area contributed by atoms with Crippen molar-refractivity contribution in [1.82, 2.24) is 5.32 Å². The third-order valence-corrected chi connectivity index (χ3v) is 3.65. The lowest BCUT2D eigenvalue weighted by Gasteiger charge is -2.22. The van der Waals surface area contributed by atoms with E-state index in [4.69, 9.17) is 9.47 Å². The molecule has 0 aromatic heterocycles. The van der Waals surface area contributed by atoms with Crippen molar-refractivity contribution in [1.29, 1.82) is 0 Å². The van der Waals surface area contributed by atoms with Crippen LogP contribution in [0.2, 0.25) is 0 Å².